The molecule has 2 aromatic carbocycles. The lowest BCUT2D eigenvalue weighted by atomic mass is 10.2. The van der Waals surface area contributed by atoms with Gasteiger partial charge in [-0.3, -0.25) is 14.6 Å². The third kappa shape index (κ3) is 4.30. The second-order valence-corrected chi connectivity index (χ2v) is 6.12. The van der Waals surface area contributed by atoms with Gasteiger partial charge in [-0.2, -0.15) is 0 Å². The first kappa shape index (κ1) is 18.5. The molecule has 7 heteroatoms. The number of benzene rings is 2. The lowest BCUT2D eigenvalue weighted by Crippen LogP contribution is -2.27. The van der Waals surface area contributed by atoms with Crippen molar-refractivity contribution in [3.8, 4) is 0 Å². The van der Waals surface area contributed by atoms with Crippen LogP contribution in [0, 0.1) is 5.82 Å². The molecule has 1 heterocycles. The zero-order valence-electron chi connectivity index (χ0n) is 14.3. The highest BCUT2D eigenvalue weighted by Crippen LogP contribution is 2.20. The Bertz CT molecular complexity index is 996. The Labute approximate surface area is 160 Å². The van der Waals surface area contributed by atoms with Crippen molar-refractivity contribution in [3.05, 3.63) is 89.0 Å². The fourth-order valence-corrected chi connectivity index (χ4v) is 2.59. The number of carbonyl (C=O) groups excluding carboxylic acids is 2. The highest BCUT2D eigenvalue weighted by molar-refractivity contribution is 6.31. The summed E-state index contributed by atoms with van der Waals surface area (Å²) in [5.74, 6) is -1.38. The van der Waals surface area contributed by atoms with E-state index in [1.165, 1.54) is 35.4 Å². The molecule has 0 radical (unpaired) electrons. The van der Waals surface area contributed by atoms with Gasteiger partial charge in [0, 0.05) is 30.2 Å². The van der Waals surface area contributed by atoms with Gasteiger partial charge in [-0.25, -0.2) is 4.39 Å². The molecule has 3 rings (SSSR count). The Morgan fingerprint density at radius 2 is 1.81 bits per heavy atom. The minimum Gasteiger partial charge on any atom is -0.322 e. The van der Waals surface area contributed by atoms with Crippen LogP contribution in [0.5, 0.6) is 0 Å². The molecule has 2 amide bonds. The van der Waals surface area contributed by atoms with Crippen LogP contribution in [0.15, 0.2) is 66.9 Å². The molecule has 1 N–H and O–H groups in total. The summed E-state index contributed by atoms with van der Waals surface area (Å²) in [5, 5.41) is 2.52. The lowest BCUT2D eigenvalue weighted by molar-refractivity contribution is 0.0988. The first-order valence-electron chi connectivity index (χ1n) is 8.01. The van der Waals surface area contributed by atoms with E-state index in [0.29, 0.717) is 11.4 Å². The zero-order valence-corrected chi connectivity index (χ0v) is 15.1. The predicted octanol–water partition coefficient (Wildman–Crippen LogP) is 4.40. The number of aromatic nitrogens is 1. The Kier molecular flexibility index (Phi) is 5.47. The van der Waals surface area contributed by atoms with E-state index < -0.39 is 11.7 Å². The number of hydrogen-bond donors (Lipinski definition) is 1. The van der Waals surface area contributed by atoms with Gasteiger partial charge in [-0.05, 0) is 42.5 Å². The van der Waals surface area contributed by atoms with Gasteiger partial charge in [0.05, 0.1) is 5.02 Å². The van der Waals surface area contributed by atoms with Gasteiger partial charge < -0.3 is 10.2 Å². The summed E-state index contributed by atoms with van der Waals surface area (Å²) in [6.07, 6.45) is 1.39. The van der Waals surface area contributed by atoms with Crippen molar-refractivity contribution in [1.29, 1.82) is 0 Å². The molecule has 0 bridgehead atoms. The normalized spacial score (nSPS) is 10.3. The van der Waals surface area contributed by atoms with Crippen LogP contribution in [0.4, 0.5) is 15.8 Å². The molecule has 0 atom stereocenters. The van der Waals surface area contributed by atoms with Crippen LogP contribution in [0.1, 0.15) is 20.8 Å². The van der Waals surface area contributed by atoms with Crippen molar-refractivity contribution >= 4 is 34.8 Å². The quantitative estimate of drug-likeness (QED) is 0.726. The minimum atomic E-state index is -0.574. The van der Waals surface area contributed by atoms with E-state index in [0.717, 1.165) is 6.07 Å². The fraction of sp³-hybridized carbons (Fsp3) is 0.0500. The molecule has 0 fully saturated rings. The Balaban J connectivity index is 1.79. The smallest absolute Gasteiger partial charge is 0.276 e. The van der Waals surface area contributed by atoms with Gasteiger partial charge in [0.25, 0.3) is 11.8 Å². The third-order valence-corrected chi connectivity index (χ3v) is 4.16. The molecular weight excluding hydrogens is 369 g/mol. The zero-order chi connectivity index (χ0) is 19.4. The second-order valence-electron chi connectivity index (χ2n) is 5.71. The number of para-hydroxylation sites is 1. The number of hydrogen-bond acceptors (Lipinski definition) is 3. The first-order valence-corrected chi connectivity index (χ1v) is 8.39. The number of anilines is 2. The van der Waals surface area contributed by atoms with Gasteiger partial charge >= 0.3 is 0 Å². The van der Waals surface area contributed by atoms with Gasteiger partial charge in [0.15, 0.2) is 0 Å². The van der Waals surface area contributed by atoms with Crippen molar-refractivity contribution in [2.75, 3.05) is 17.3 Å². The lowest BCUT2D eigenvalue weighted by Gasteiger charge is -2.17. The Morgan fingerprint density at radius 3 is 2.52 bits per heavy atom. The number of amides is 2. The largest absolute Gasteiger partial charge is 0.322 e. The maximum atomic E-state index is 13.2. The van der Waals surface area contributed by atoms with Crippen LogP contribution < -0.4 is 10.2 Å². The average molecular weight is 384 g/mol. The summed E-state index contributed by atoms with van der Waals surface area (Å²) in [7, 11) is 1.63. The number of nitrogens with zero attached hydrogens (tertiary/aromatic N) is 2. The number of halogens is 2. The summed E-state index contributed by atoms with van der Waals surface area (Å²) < 4.78 is 13.2. The van der Waals surface area contributed by atoms with Crippen molar-refractivity contribution in [3.63, 3.8) is 0 Å². The van der Waals surface area contributed by atoms with Gasteiger partial charge in [-0.1, -0.05) is 29.8 Å². The van der Waals surface area contributed by atoms with Crippen LogP contribution in [-0.4, -0.2) is 23.8 Å². The molecule has 0 saturated carbocycles. The van der Waals surface area contributed by atoms with Crippen molar-refractivity contribution in [2.45, 2.75) is 0 Å². The third-order valence-electron chi connectivity index (χ3n) is 3.87. The molecule has 0 aliphatic heterocycles. The standard InChI is InChI=1S/C20H15ClFN3O2/c1-25(15-5-3-2-4-6-15)20(27)18-11-13(9-10-23-18)19(26)24-14-7-8-17(22)16(21)12-14/h2-12H,1H3,(H,24,26). The number of carbonyl (C=O) groups is 2. The molecule has 0 spiro atoms. The van der Waals surface area contributed by atoms with E-state index in [-0.39, 0.29) is 22.2 Å². The average Bonchev–Trinajstić information content (AvgIpc) is 2.70. The predicted molar refractivity (Wildman–Crippen MR) is 103 cm³/mol. The molecular formula is C20H15ClFN3O2. The molecule has 0 aliphatic carbocycles. The summed E-state index contributed by atoms with van der Waals surface area (Å²) in [6.45, 7) is 0. The highest BCUT2D eigenvalue weighted by Gasteiger charge is 2.17. The van der Waals surface area contributed by atoms with Crippen LogP contribution in [0.3, 0.4) is 0 Å². The topological polar surface area (TPSA) is 62.3 Å². The maximum absolute atomic E-state index is 13.2. The van der Waals surface area contributed by atoms with Crippen molar-refractivity contribution < 1.29 is 14.0 Å². The maximum Gasteiger partial charge on any atom is 0.276 e. The van der Waals surface area contributed by atoms with Crippen molar-refractivity contribution in [1.82, 2.24) is 4.98 Å². The monoisotopic (exact) mass is 383 g/mol. The van der Waals surface area contributed by atoms with Crippen LogP contribution in [0.2, 0.25) is 5.02 Å². The molecule has 136 valence electrons. The summed E-state index contributed by atoms with van der Waals surface area (Å²) >= 11 is 5.72. The SMILES string of the molecule is CN(C(=O)c1cc(C(=O)Nc2ccc(F)c(Cl)c2)ccn1)c1ccccc1. The minimum absolute atomic E-state index is 0.0946. The molecule has 0 unspecified atom stereocenters. The Hall–Kier alpha value is -3.25. The van der Waals surface area contributed by atoms with E-state index in [1.807, 2.05) is 18.2 Å². The van der Waals surface area contributed by atoms with E-state index in [9.17, 15) is 14.0 Å². The van der Waals surface area contributed by atoms with Gasteiger partial charge in [0.1, 0.15) is 11.5 Å². The van der Waals surface area contributed by atoms with Crippen LogP contribution >= 0.6 is 11.6 Å². The van der Waals surface area contributed by atoms with Crippen LogP contribution in [-0.2, 0) is 0 Å². The summed E-state index contributed by atoms with van der Waals surface area (Å²) in [4.78, 5) is 30.6. The second kappa shape index (κ2) is 7.97. The first-order chi connectivity index (χ1) is 13.0. The molecule has 5 nitrogen and oxygen atoms in total. The Morgan fingerprint density at radius 1 is 1.07 bits per heavy atom. The van der Waals surface area contributed by atoms with Gasteiger partial charge in [-0.15, -0.1) is 0 Å². The van der Waals surface area contributed by atoms with E-state index >= 15 is 0 Å². The highest BCUT2D eigenvalue weighted by atomic mass is 35.5. The molecule has 1 aromatic heterocycles. The molecule has 3 aromatic rings. The fourth-order valence-electron chi connectivity index (χ4n) is 2.41. The van der Waals surface area contributed by atoms with E-state index in [2.05, 4.69) is 10.3 Å². The van der Waals surface area contributed by atoms with Crippen molar-refractivity contribution in [2.24, 2.45) is 0 Å². The van der Waals surface area contributed by atoms with Crippen LogP contribution in [0.25, 0.3) is 0 Å². The van der Waals surface area contributed by atoms with Gasteiger partial charge in [0.2, 0.25) is 0 Å². The van der Waals surface area contributed by atoms with E-state index in [1.54, 1.807) is 19.2 Å². The molecule has 27 heavy (non-hydrogen) atoms. The molecule has 0 aliphatic rings. The number of rotatable bonds is 4. The number of pyridine rings is 1. The summed E-state index contributed by atoms with van der Waals surface area (Å²) in [5.41, 5.74) is 1.43. The van der Waals surface area contributed by atoms with E-state index in [4.69, 9.17) is 11.6 Å². The summed E-state index contributed by atoms with van der Waals surface area (Å²) in [6, 6.07) is 15.9. The number of nitrogens with one attached hydrogen (secondary N) is 1. The molecule has 0 saturated heterocycles.